The van der Waals surface area contributed by atoms with Crippen LogP contribution in [0.5, 0.6) is 0 Å². The van der Waals surface area contributed by atoms with Gasteiger partial charge in [0.25, 0.3) is 0 Å². The summed E-state index contributed by atoms with van der Waals surface area (Å²) in [4.78, 5) is 15.4. The summed E-state index contributed by atoms with van der Waals surface area (Å²) in [6.45, 7) is 8.07. The molecule has 5 nitrogen and oxygen atoms in total. The van der Waals surface area contributed by atoms with Crippen LogP contribution in [0.3, 0.4) is 0 Å². The van der Waals surface area contributed by atoms with Gasteiger partial charge in [-0.15, -0.1) is 24.8 Å². The van der Waals surface area contributed by atoms with Crippen LogP contribution in [0, 0.1) is 5.92 Å². The van der Waals surface area contributed by atoms with Gasteiger partial charge in [-0.25, -0.2) is 0 Å². The third-order valence-corrected chi connectivity index (χ3v) is 4.58. The topological polar surface area (TPSA) is 102 Å². The van der Waals surface area contributed by atoms with Gasteiger partial charge in [0.15, 0.2) is 0 Å². The first kappa shape index (κ1) is 24.8. The van der Waals surface area contributed by atoms with Crippen LogP contribution in [0.25, 0.3) is 0 Å². The Bertz CT molecular complexity index is 313. The van der Waals surface area contributed by atoms with E-state index >= 15 is 0 Å². The molecule has 0 rings (SSSR count). The van der Waals surface area contributed by atoms with E-state index in [9.17, 15) is 9.90 Å². The number of nitrogens with two attached hydrogens (primary N) is 2. The average molecular weight is 348 g/mol. The molecule has 0 radical (unpaired) electrons. The SMILES string of the molecule is CCC(CN=C(C)N)SC[C@](N)(C(=O)O)C(C)C.Cl.Cl. The molecule has 0 aliphatic heterocycles. The van der Waals surface area contributed by atoms with Crippen molar-refractivity contribution in [2.75, 3.05) is 12.3 Å². The maximum atomic E-state index is 11.2. The van der Waals surface area contributed by atoms with Gasteiger partial charge in [-0.05, 0) is 19.3 Å². The normalized spacial score (nSPS) is 15.8. The number of aliphatic imine (C=N–C) groups is 1. The van der Waals surface area contributed by atoms with Crippen LogP contribution in [-0.2, 0) is 4.79 Å². The van der Waals surface area contributed by atoms with E-state index in [-0.39, 0.29) is 36.0 Å². The minimum atomic E-state index is -1.18. The number of halogens is 2. The average Bonchev–Trinajstić information content (AvgIpc) is 2.27. The Morgan fingerprint density at radius 3 is 2.20 bits per heavy atom. The zero-order valence-corrected chi connectivity index (χ0v) is 14.9. The van der Waals surface area contributed by atoms with Crippen molar-refractivity contribution in [2.45, 2.75) is 44.9 Å². The minimum absolute atomic E-state index is 0. The van der Waals surface area contributed by atoms with Gasteiger partial charge < -0.3 is 16.6 Å². The molecule has 0 fully saturated rings. The number of amidine groups is 1. The first-order chi connectivity index (χ1) is 8.24. The molecule has 0 saturated heterocycles. The fourth-order valence-corrected chi connectivity index (χ4v) is 2.66. The van der Waals surface area contributed by atoms with E-state index in [1.54, 1.807) is 18.7 Å². The van der Waals surface area contributed by atoms with E-state index in [1.807, 2.05) is 20.8 Å². The summed E-state index contributed by atoms with van der Waals surface area (Å²) in [5.41, 5.74) is 10.3. The molecule has 0 bridgehead atoms. The fraction of sp³-hybridized carbons (Fsp3) is 0.833. The second kappa shape index (κ2) is 11.5. The van der Waals surface area contributed by atoms with Crippen LogP contribution >= 0.6 is 36.6 Å². The minimum Gasteiger partial charge on any atom is -0.480 e. The van der Waals surface area contributed by atoms with Gasteiger partial charge in [0.2, 0.25) is 0 Å². The number of hydrogen-bond acceptors (Lipinski definition) is 4. The molecular weight excluding hydrogens is 321 g/mol. The van der Waals surface area contributed by atoms with Gasteiger partial charge in [0.05, 0.1) is 12.4 Å². The summed E-state index contributed by atoms with van der Waals surface area (Å²) in [6.07, 6.45) is 0.912. The molecule has 0 heterocycles. The molecule has 5 N–H and O–H groups in total. The van der Waals surface area contributed by atoms with Crippen molar-refractivity contribution in [2.24, 2.45) is 22.4 Å². The molecule has 2 atom stereocenters. The van der Waals surface area contributed by atoms with Crippen molar-refractivity contribution in [3.05, 3.63) is 0 Å². The predicted octanol–water partition coefficient (Wildman–Crippen LogP) is 2.16. The highest BCUT2D eigenvalue weighted by atomic mass is 35.5. The second-order valence-electron chi connectivity index (χ2n) is 4.82. The number of thioether (sulfide) groups is 1. The first-order valence-corrected chi connectivity index (χ1v) is 7.19. The molecule has 0 spiro atoms. The van der Waals surface area contributed by atoms with Gasteiger partial charge in [-0.2, -0.15) is 11.8 Å². The molecule has 0 saturated carbocycles. The fourth-order valence-electron chi connectivity index (χ4n) is 1.28. The molecule has 8 heteroatoms. The van der Waals surface area contributed by atoms with Crippen molar-refractivity contribution in [1.82, 2.24) is 0 Å². The van der Waals surface area contributed by atoms with E-state index in [0.717, 1.165) is 6.42 Å². The molecule has 0 aromatic heterocycles. The highest BCUT2D eigenvalue weighted by Crippen LogP contribution is 2.24. The number of hydrogen-bond donors (Lipinski definition) is 3. The summed E-state index contributed by atoms with van der Waals surface area (Å²) in [7, 11) is 0. The summed E-state index contributed by atoms with van der Waals surface area (Å²) in [6, 6.07) is 0. The van der Waals surface area contributed by atoms with Crippen LogP contribution in [0.4, 0.5) is 0 Å². The van der Waals surface area contributed by atoms with Gasteiger partial charge in [0.1, 0.15) is 5.54 Å². The summed E-state index contributed by atoms with van der Waals surface area (Å²) in [5, 5.41) is 9.47. The van der Waals surface area contributed by atoms with Gasteiger partial charge >= 0.3 is 5.97 Å². The van der Waals surface area contributed by atoms with Crippen LogP contribution in [0.2, 0.25) is 0 Å². The van der Waals surface area contributed by atoms with Crippen LogP contribution in [0.15, 0.2) is 4.99 Å². The Balaban J connectivity index is -0.00000144. The van der Waals surface area contributed by atoms with E-state index in [4.69, 9.17) is 11.5 Å². The molecule has 0 amide bonds. The van der Waals surface area contributed by atoms with E-state index in [2.05, 4.69) is 4.99 Å². The lowest BCUT2D eigenvalue weighted by molar-refractivity contribution is -0.144. The molecule has 122 valence electrons. The number of carboxylic acids is 1. The lowest BCUT2D eigenvalue weighted by Crippen LogP contribution is -2.55. The number of carbonyl (C=O) groups is 1. The third-order valence-electron chi connectivity index (χ3n) is 2.99. The lowest BCUT2D eigenvalue weighted by Gasteiger charge is -2.29. The van der Waals surface area contributed by atoms with Crippen LogP contribution in [0.1, 0.15) is 34.1 Å². The number of carboxylic acid groups (broad SMARTS) is 1. The Kier molecular flexibility index (Phi) is 14.3. The Labute approximate surface area is 138 Å². The van der Waals surface area contributed by atoms with Crippen LogP contribution < -0.4 is 11.5 Å². The molecule has 1 unspecified atom stereocenters. The third kappa shape index (κ3) is 8.19. The van der Waals surface area contributed by atoms with Gasteiger partial charge in [0, 0.05) is 11.0 Å². The lowest BCUT2D eigenvalue weighted by atomic mass is 9.90. The summed E-state index contributed by atoms with van der Waals surface area (Å²) >= 11 is 1.56. The second-order valence-corrected chi connectivity index (χ2v) is 6.11. The largest absolute Gasteiger partial charge is 0.480 e. The Morgan fingerprint density at radius 1 is 1.40 bits per heavy atom. The predicted molar refractivity (Wildman–Crippen MR) is 92.6 cm³/mol. The Morgan fingerprint density at radius 2 is 1.90 bits per heavy atom. The van der Waals surface area contributed by atoms with E-state index in [0.29, 0.717) is 18.1 Å². The molecule has 0 aliphatic rings. The van der Waals surface area contributed by atoms with Crippen LogP contribution in [-0.4, -0.2) is 40.0 Å². The highest BCUT2D eigenvalue weighted by molar-refractivity contribution is 8.00. The highest BCUT2D eigenvalue weighted by Gasteiger charge is 2.37. The summed E-state index contributed by atoms with van der Waals surface area (Å²) < 4.78 is 0. The van der Waals surface area contributed by atoms with Gasteiger partial charge in [-0.1, -0.05) is 20.8 Å². The number of rotatable bonds is 8. The monoisotopic (exact) mass is 347 g/mol. The quantitative estimate of drug-likeness (QED) is 0.461. The smallest absolute Gasteiger partial charge is 0.324 e. The van der Waals surface area contributed by atoms with Crippen molar-refractivity contribution >= 4 is 48.4 Å². The molecule has 0 aliphatic carbocycles. The van der Waals surface area contributed by atoms with Crippen molar-refractivity contribution < 1.29 is 9.90 Å². The zero-order chi connectivity index (χ0) is 14.3. The van der Waals surface area contributed by atoms with Crippen molar-refractivity contribution in [3.63, 3.8) is 0 Å². The standard InChI is InChI=1S/C12H25N3O2S.2ClH/c1-5-10(6-15-9(4)13)18-7-12(14,8(2)3)11(16)17;;/h8,10H,5-7,14H2,1-4H3,(H2,13,15)(H,16,17);2*1H/t10?,12-;;/m1../s1. The molecule has 0 aromatic carbocycles. The van der Waals surface area contributed by atoms with E-state index in [1.165, 1.54) is 0 Å². The maximum absolute atomic E-state index is 11.2. The first-order valence-electron chi connectivity index (χ1n) is 6.14. The zero-order valence-electron chi connectivity index (χ0n) is 12.5. The molecule has 20 heavy (non-hydrogen) atoms. The summed E-state index contributed by atoms with van der Waals surface area (Å²) in [5.74, 6) is -0.120. The maximum Gasteiger partial charge on any atom is 0.324 e. The van der Waals surface area contributed by atoms with Crippen molar-refractivity contribution in [1.29, 1.82) is 0 Å². The van der Waals surface area contributed by atoms with Gasteiger partial charge in [-0.3, -0.25) is 9.79 Å². The molecule has 0 aromatic rings. The molecular formula is C12H27Cl2N3O2S. The Hall–Kier alpha value is -0.170. The van der Waals surface area contributed by atoms with E-state index < -0.39 is 11.5 Å². The number of nitrogens with zero attached hydrogens (tertiary/aromatic N) is 1. The number of aliphatic carboxylic acids is 1. The van der Waals surface area contributed by atoms with Crippen molar-refractivity contribution in [3.8, 4) is 0 Å².